The number of rotatable bonds is 3. The van der Waals surface area contributed by atoms with Crippen molar-refractivity contribution in [2.24, 2.45) is 11.8 Å². The van der Waals surface area contributed by atoms with Crippen LogP contribution in [0.1, 0.15) is 47.1 Å². The molecule has 1 aromatic heterocycles. The van der Waals surface area contributed by atoms with Crippen LogP contribution < -0.4 is 0 Å². The zero-order valence-corrected chi connectivity index (χ0v) is 11.7. The summed E-state index contributed by atoms with van der Waals surface area (Å²) in [7, 11) is 0. The van der Waals surface area contributed by atoms with Crippen LogP contribution in [0.4, 0.5) is 4.39 Å². The number of fused-ring (bicyclic) bond motifs is 1. The standard InChI is InChI=1S/C16H13FN4O/c17-12-7-13(9-4-2-1-3-5-9)21-16(12)19-15(20-21)14(22)11-6-10(11)8-18/h1-5,10-13H,6-7H2/t10?,11-,12+,13+/m1/s1. The fourth-order valence-electron chi connectivity index (χ4n) is 3.03. The first-order chi connectivity index (χ1) is 10.7. The number of Topliss-reactive ketones (excluding diaryl/α,β-unsaturated/α-hetero) is 1. The lowest BCUT2D eigenvalue weighted by molar-refractivity contribution is 0.0953. The van der Waals surface area contributed by atoms with E-state index in [4.69, 9.17) is 5.26 Å². The van der Waals surface area contributed by atoms with Gasteiger partial charge in [0.15, 0.2) is 12.0 Å². The molecule has 4 rings (SSSR count). The van der Waals surface area contributed by atoms with Crippen molar-refractivity contribution in [2.45, 2.75) is 25.1 Å². The van der Waals surface area contributed by atoms with E-state index < -0.39 is 6.17 Å². The van der Waals surface area contributed by atoms with Gasteiger partial charge in [0.05, 0.1) is 18.0 Å². The first-order valence-electron chi connectivity index (χ1n) is 7.28. The summed E-state index contributed by atoms with van der Waals surface area (Å²) in [5.74, 6) is -0.543. The van der Waals surface area contributed by atoms with Crippen molar-refractivity contribution >= 4 is 5.78 Å². The smallest absolute Gasteiger partial charge is 0.218 e. The molecule has 1 saturated carbocycles. The molecule has 2 aromatic rings. The van der Waals surface area contributed by atoms with Crippen LogP contribution in [-0.4, -0.2) is 20.5 Å². The second-order valence-corrected chi connectivity index (χ2v) is 5.81. The maximum Gasteiger partial charge on any atom is 0.218 e. The molecule has 1 aliphatic carbocycles. The summed E-state index contributed by atoms with van der Waals surface area (Å²) in [5, 5.41) is 13.0. The first-order valence-corrected chi connectivity index (χ1v) is 7.28. The Balaban J connectivity index is 1.67. The van der Waals surface area contributed by atoms with E-state index in [-0.39, 0.29) is 41.7 Å². The predicted octanol–water partition coefficient (Wildman–Crippen LogP) is 2.62. The fraction of sp³-hybridized carbons (Fsp3) is 0.375. The molecule has 110 valence electrons. The van der Waals surface area contributed by atoms with Crippen LogP contribution in [0.25, 0.3) is 0 Å². The lowest BCUT2D eigenvalue weighted by Crippen LogP contribution is -2.11. The van der Waals surface area contributed by atoms with E-state index in [9.17, 15) is 9.18 Å². The SMILES string of the molecule is N#CC1C[C@H]1C(=O)c1nc2n(n1)[C@H](c1ccccc1)C[C@@H]2F. The maximum atomic E-state index is 14.2. The maximum absolute atomic E-state index is 14.2. The number of nitriles is 1. The molecule has 2 aliphatic rings. The average Bonchev–Trinajstić information content (AvgIpc) is 3.10. The molecular formula is C16H13FN4O. The molecule has 0 radical (unpaired) electrons. The van der Waals surface area contributed by atoms with Crippen LogP contribution in [0.3, 0.4) is 0 Å². The van der Waals surface area contributed by atoms with Gasteiger partial charge in [-0.2, -0.15) is 5.26 Å². The van der Waals surface area contributed by atoms with Crippen LogP contribution >= 0.6 is 0 Å². The molecule has 1 fully saturated rings. The molecule has 0 spiro atoms. The van der Waals surface area contributed by atoms with Crippen molar-refractivity contribution in [3.63, 3.8) is 0 Å². The highest BCUT2D eigenvalue weighted by molar-refractivity contribution is 5.96. The van der Waals surface area contributed by atoms with Crippen LogP contribution in [0.2, 0.25) is 0 Å². The summed E-state index contributed by atoms with van der Waals surface area (Å²) in [5.41, 5.74) is 0.953. The van der Waals surface area contributed by atoms with Crippen molar-refractivity contribution < 1.29 is 9.18 Å². The van der Waals surface area contributed by atoms with Crippen molar-refractivity contribution in [3.05, 3.63) is 47.5 Å². The molecule has 0 amide bonds. The Hall–Kier alpha value is -2.55. The average molecular weight is 296 g/mol. The molecule has 0 bridgehead atoms. The second-order valence-electron chi connectivity index (χ2n) is 5.81. The summed E-state index contributed by atoms with van der Waals surface area (Å²) in [6.07, 6.45) is -0.372. The van der Waals surface area contributed by atoms with E-state index in [1.165, 1.54) is 4.68 Å². The third-order valence-electron chi connectivity index (χ3n) is 4.36. The van der Waals surface area contributed by atoms with Gasteiger partial charge < -0.3 is 0 Å². The number of aromatic nitrogens is 3. The fourth-order valence-corrected chi connectivity index (χ4v) is 3.03. The van der Waals surface area contributed by atoms with Crippen LogP contribution in [0.15, 0.2) is 30.3 Å². The molecule has 0 N–H and O–H groups in total. The summed E-state index contributed by atoms with van der Waals surface area (Å²) in [6.45, 7) is 0. The highest BCUT2D eigenvalue weighted by atomic mass is 19.1. The zero-order valence-electron chi connectivity index (χ0n) is 11.7. The number of carbonyl (C=O) groups excluding carboxylic acids is 1. The number of hydrogen-bond acceptors (Lipinski definition) is 4. The molecule has 0 saturated heterocycles. The Labute approximate surface area is 126 Å². The quantitative estimate of drug-likeness (QED) is 0.816. The summed E-state index contributed by atoms with van der Waals surface area (Å²) >= 11 is 0. The molecular weight excluding hydrogens is 283 g/mol. The minimum absolute atomic E-state index is 0.0426. The zero-order chi connectivity index (χ0) is 15.3. The predicted molar refractivity (Wildman–Crippen MR) is 74.6 cm³/mol. The molecule has 5 nitrogen and oxygen atoms in total. The topological polar surface area (TPSA) is 71.6 Å². The largest absolute Gasteiger partial charge is 0.290 e. The first kappa shape index (κ1) is 13.1. The second kappa shape index (κ2) is 4.73. The number of benzene rings is 1. The number of halogens is 1. The van der Waals surface area contributed by atoms with Gasteiger partial charge >= 0.3 is 0 Å². The minimum atomic E-state index is -1.22. The molecule has 1 aromatic carbocycles. The van der Waals surface area contributed by atoms with Gasteiger partial charge in [-0.15, -0.1) is 5.10 Å². The summed E-state index contributed by atoms with van der Waals surface area (Å²) < 4.78 is 15.7. The van der Waals surface area contributed by atoms with Gasteiger partial charge in [-0.1, -0.05) is 30.3 Å². The number of alkyl halides is 1. The lowest BCUT2D eigenvalue weighted by atomic mass is 10.0. The van der Waals surface area contributed by atoms with Gasteiger partial charge in [0.1, 0.15) is 0 Å². The van der Waals surface area contributed by atoms with E-state index in [0.717, 1.165) is 5.56 Å². The molecule has 1 unspecified atom stereocenters. The van der Waals surface area contributed by atoms with Crippen molar-refractivity contribution in [2.75, 3.05) is 0 Å². The van der Waals surface area contributed by atoms with Gasteiger partial charge in [-0.05, 0) is 12.0 Å². The molecule has 22 heavy (non-hydrogen) atoms. The van der Waals surface area contributed by atoms with E-state index in [0.29, 0.717) is 6.42 Å². The van der Waals surface area contributed by atoms with E-state index >= 15 is 0 Å². The van der Waals surface area contributed by atoms with Gasteiger partial charge in [0, 0.05) is 12.3 Å². The van der Waals surface area contributed by atoms with Crippen LogP contribution in [-0.2, 0) is 0 Å². The Morgan fingerprint density at radius 2 is 2.09 bits per heavy atom. The normalized spacial score (nSPS) is 28.9. The van der Waals surface area contributed by atoms with Crippen molar-refractivity contribution in [1.82, 2.24) is 14.8 Å². The summed E-state index contributed by atoms with van der Waals surface area (Å²) in [6, 6.07) is 11.4. The highest BCUT2D eigenvalue weighted by Crippen LogP contribution is 2.42. The van der Waals surface area contributed by atoms with Gasteiger partial charge in [-0.3, -0.25) is 4.79 Å². The van der Waals surface area contributed by atoms with Gasteiger partial charge in [-0.25, -0.2) is 14.1 Å². The van der Waals surface area contributed by atoms with Gasteiger partial charge in [0.25, 0.3) is 0 Å². The van der Waals surface area contributed by atoms with Crippen LogP contribution in [0.5, 0.6) is 0 Å². The third-order valence-corrected chi connectivity index (χ3v) is 4.36. The Bertz CT molecular complexity index is 779. The molecule has 6 heteroatoms. The van der Waals surface area contributed by atoms with E-state index in [1.807, 2.05) is 30.3 Å². The molecule has 2 heterocycles. The van der Waals surface area contributed by atoms with Gasteiger partial charge in [0.2, 0.25) is 11.6 Å². The highest BCUT2D eigenvalue weighted by Gasteiger charge is 2.46. The van der Waals surface area contributed by atoms with Crippen molar-refractivity contribution in [3.8, 4) is 6.07 Å². The lowest BCUT2D eigenvalue weighted by Gasteiger charge is -2.11. The number of nitrogens with zero attached hydrogens (tertiary/aromatic N) is 4. The van der Waals surface area contributed by atoms with E-state index in [1.54, 1.807) is 0 Å². The Morgan fingerprint density at radius 1 is 1.32 bits per heavy atom. The Morgan fingerprint density at radius 3 is 2.77 bits per heavy atom. The molecule has 4 atom stereocenters. The minimum Gasteiger partial charge on any atom is -0.290 e. The van der Waals surface area contributed by atoms with E-state index in [2.05, 4.69) is 16.2 Å². The number of hydrogen-bond donors (Lipinski definition) is 0. The molecule has 1 aliphatic heterocycles. The number of carbonyl (C=O) groups is 1. The Kier molecular flexibility index (Phi) is 2.83. The van der Waals surface area contributed by atoms with Crippen LogP contribution in [0, 0.1) is 23.2 Å². The monoisotopic (exact) mass is 296 g/mol. The third kappa shape index (κ3) is 1.93. The van der Waals surface area contributed by atoms with Crippen molar-refractivity contribution in [1.29, 1.82) is 5.26 Å². The number of ketones is 1. The summed E-state index contributed by atoms with van der Waals surface area (Å²) in [4.78, 5) is 16.3.